The number of nitrogens with one attached hydrogen (secondary N) is 1. The van der Waals surface area contributed by atoms with E-state index in [-0.39, 0.29) is 5.82 Å². The topological polar surface area (TPSA) is 15.3 Å². The molecule has 21 heavy (non-hydrogen) atoms. The van der Waals surface area contributed by atoms with Crippen LogP contribution in [0.2, 0.25) is 0 Å². The van der Waals surface area contributed by atoms with Gasteiger partial charge in [-0.05, 0) is 23.3 Å². The van der Waals surface area contributed by atoms with Crippen molar-refractivity contribution < 1.29 is 4.39 Å². The van der Waals surface area contributed by atoms with Gasteiger partial charge in [-0.3, -0.25) is 0 Å². The second-order valence-corrected chi connectivity index (χ2v) is 5.66. The molecule has 3 heteroatoms. The van der Waals surface area contributed by atoms with Gasteiger partial charge in [0, 0.05) is 26.2 Å². The molecule has 2 aromatic rings. The number of benzene rings is 2. The number of anilines is 1. The van der Waals surface area contributed by atoms with Crippen LogP contribution in [0.25, 0.3) is 0 Å². The second kappa shape index (κ2) is 7.23. The van der Waals surface area contributed by atoms with Gasteiger partial charge >= 0.3 is 0 Å². The van der Waals surface area contributed by atoms with E-state index in [0.717, 1.165) is 5.56 Å². The van der Waals surface area contributed by atoms with Gasteiger partial charge in [0.2, 0.25) is 0 Å². The Hall–Kier alpha value is -1.87. The van der Waals surface area contributed by atoms with Crippen LogP contribution in [-0.4, -0.2) is 13.1 Å². The molecule has 0 bridgehead atoms. The zero-order valence-corrected chi connectivity index (χ0v) is 12.9. The zero-order chi connectivity index (χ0) is 15.2. The molecule has 0 spiro atoms. The molecule has 1 N–H and O–H groups in total. The van der Waals surface area contributed by atoms with E-state index < -0.39 is 0 Å². The summed E-state index contributed by atoms with van der Waals surface area (Å²) >= 11 is 0. The average Bonchev–Trinajstić information content (AvgIpc) is 2.46. The Balaban J connectivity index is 2.06. The molecule has 0 aliphatic rings. The number of halogens is 1. The van der Waals surface area contributed by atoms with Crippen molar-refractivity contribution in [1.29, 1.82) is 0 Å². The van der Waals surface area contributed by atoms with Gasteiger partial charge in [0.05, 0.1) is 5.69 Å². The van der Waals surface area contributed by atoms with Gasteiger partial charge in [-0.15, -0.1) is 0 Å². The molecule has 0 heterocycles. The molecule has 0 amide bonds. The summed E-state index contributed by atoms with van der Waals surface area (Å²) in [5, 5.41) is 3.30. The van der Waals surface area contributed by atoms with E-state index in [4.69, 9.17) is 0 Å². The van der Waals surface area contributed by atoms with E-state index in [1.165, 1.54) is 5.56 Å². The first-order chi connectivity index (χ1) is 10.1. The molecule has 0 atom stereocenters. The van der Waals surface area contributed by atoms with Gasteiger partial charge in [0.15, 0.2) is 0 Å². The molecule has 2 nitrogen and oxygen atoms in total. The van der Waals surface area contributed by atoms with Crippen molar-refractivity contribution in [3.05, 3.63) is 65.5 Å². The number of nitrogens with zero attached hydrogens (tertiary/aromatic N) is 1. The van der Waals surface area contributed by atoms with Crippen molar-refractivity contribution in [2.75, 3.05) is 11.9 Å². The molecule has 0 saturated heterocycles. The van der Waals surface area contributed by atoms with Gasteiger partial charge < -0.3 is 10.2 Å². The maximum Gasteiger partial charge on any atom is 0.146 e. The highest BCUT2D eigenvalue weighted by Gasteiger charge is 2.09. The highest BCUT2D eigenvalue weighted by molar-refractivity contribution is 5.49. The summed E-state index contributed by atoms with van der Waals surface area (Å²) in [5.74, 6) is -0.170. The first-order valence-corrected chi connectivity index (χ1v) is 7.33. The fourth-order valence-electron chi connectivity index (χ4n) is 2.23. The maximum atomic E-state index is 14.3. The Labute approximate surface area is 126 Å². The third-order valence-electron chi connectivity index (χ3n) is 3.40. The minimum Gasteiger partial charge on any atom is -0.368 e. The summed E-state index contributed by atoms with van der Waals surface area (Å²) in [6.07, 6.45) is 0. The van der Waals surface area contributed by atoms with Crippen molar-refractivity contribution in [2.24, 2.45) is 0 Å². The summed E-state index contributed by atoms with van der Waals surface area (Å²) in [5.41, 5.74) is 2.77. The van der Waals surface area contributed by atoms with Crippen LogP contribution in [0.3, 0.4) is 0 Å². The molecule has 0 aromatic heterocycles. The number of rotatable bonds is 6. The molecule has 0 saturated carbocycles. The highest BCUT2D eigenvalue weighted by Crippen LogP contribution is 2.21. The quantitative estimate of drug-likeness (QED) is 0.864. The van der Waals surface area contributed by atoms with Crippen LogP contribution < -0.4 is 10.2 Å². The summed E-state index contributed by atoms with van der Waals surface area (Å²) in [6.45, 7) is 5.55. The summed E-state index contributed by atoms with van der Waals surface area (Å²) in [4.78, 5) is 1.93. The van der Waals surface area contributed by atoms with E-state index in [2.05, 4.69) is 31.3 Å². The lowest BCUT2D eigenvalue weighted by molar-refractivity contribution is 0.580. The lowest BCUT2D eigenvalue weighted by atomic mass is 10.1. The third-order valence-corrected chi connectivity index (χ3v) is 3.40. The SMILES string of the molecule is CC(C)NCc1ccc(N(C)Cc2ccccc2)c(F)c1. The Morgan fingerprint density at radius 1 is 1.05 bits per heavy atom. The monoisotopic (exact) mass is 286 g/mol. The van der Waals surface area contributed by atoms with E-state index in [0.29, 0.717) is 24.8 Å². The predicted octanol–water partition coefficient (Wildman–Crippen LogP) is 3.96. The van der Waals surface area contributed by atoms with Crippen molar-refractivity contribution in [3.63, 3.8) is 0 Å². The van der Waals surface area contributed by atoms with Gasteiger partial charge in [0.1, 0.15) is 5.82 Å². The van der Waals surface area contributed by atoms with Crippen LogP contribution >= 0.6 is 0 Å². The molecular weight excluding hydrogens is 263 g/mol. The Morgan fingerprint density at radius 2 is 1.76 bits per heavy atom. The van der Waals surface area contributed by atoms with Gasteiger partial charge in [-0.25, -0.2) is 4.39 Å². The van der Waals surface area contributed by atoms with Crippen molar-refractivity contribution >= 4 is 5.69 Å². The lowest BCUT2D eigenvalue weighted by Gasteiger charge is -2.20. The second-order valence-electron chi connectivity index (χ2n) is 5.66. The minimum atomic E-state index is -0.170. The van der Waals surface area contributed by atoms with Crippen LogP contribution in [0, 0.1) is 5.82 Å². The van der Waals surface area contributed by atoms with Gasteiger partial charge in [-0.2, -0.15) is 0 Å². The van der Waals surface area contributed by atoms with Gasteiger partial charge in [0.25, 0.3) is 0 Å². The largest absolute Gasteiger partial charge is 0.368 e. The predicted molar refractivity (Wildman–Crippen MR) is 86.9 cm³/mol. The minimum absolute atomic E-state index is 0.170. The molecular formula is C18H23FN2. The first kappa shape index (κ1) is 15.5. The fraction of sp³-hybridized carbons (Fsp3) is 0.333. The van der Waals surface area contributed by atoms with E-state index in [1.54, 1.807) is 6.07 Å². The fourth-order valence-corrected chi connectivity index (χ4v) is 2.23. The molecule has 2 rings (SSSR count). The summed E-state index contributed by atoms with van der Waals surface area (Å²) in [6, 6.07) is 15.9. The van der Waals surface area contributed by atoms with Crippen molar-refractivity contribution in [2.45, 2.75) is 33.0 Å². The summed E-state index contributed by atoms with van der Waals surface area (Å²) in [7, 11) is 1.91. The van der Waals surface area contributed by atoms with Crippen molar-refractivity contribution in [1.82, 2.24) is 5.32 Å². The van der Waals surface area contributed by atoms with Crippen LogP contribution in [0.4, 0.5) is 10.1 Å². The Kier molecular flexibility index (Phi) is 5.34. The smallest absolute Gasteiger partial charge is 0.146 e. The normalized spacial score (nSPS) is 10.9. The van der Waals surface area contributed by atoms with Crippen molar-refractivity contribution in [3.8, 4) is 0 Å². The lowest BCUT2D eigenvalue weighted by Crippen LogP contribution is -2.22. The third kappa shape index (κ3) is 4.57. The average molecular weight is 286 g/mol. The van der Waals surface area contributed by atoms with Gasteiger partial charge in [-0.1, -0.05) is 50.2 Å². The van der Waals surface area contributed by atoms with Crippen LogP contribution in [0.1, 0.15) is 25.0 Å². The van der Waals surface area contributed by atoms with Crippen LogP contribution in [0.5, 0.6) is 0 Å². The summed E-state index contributed by atoms with van der Waals surface area (Å²) < 4.78 is 14.3. The Morgan fingerprint density at radius 3 is 2.38 bits per heavy atom. The molecule has 0 aliphatic heterocycles. The standard InChI is InChI=1S/C18H23FN2/c1-14(2)20-12-16-9-10-18(17(19)11-16)21(3)13-15-7-5-4-6-8-15/h4-11,14,20H,12-13H2,1-3H3. The zero-order valence-electron chi connectivity index (χ0n) is 12.9. The molecule has 112 valence electrons. The van der Waals surface area contributed by atoms with E-state index in [9.17, 15) is 4.39 Å². The van der Waals surface area contributed by atoms with Crippen LogP contribution in [-0.2, 0) is 13.1 Å². The Bertz CT molecular complexity index is 567. The first-order valence-electron chi connectivity index (χ1n) is 7.33. The molecule has 2 aromatic carbocycles. The number of hydrogen-bond acceptors (Lipinski definition) is 2. The highest BCUT2D eigenvalue weighted by atomic mass is 19.1. The molecule has 0 aliphatic carbocycles. The number of hydrogen-bond donors (Lipinski definition) is 1. The molecule has 0 fully saturated rings. The van der Waals surface area contributed by atoms with Crippen LogP contribution in [0.15, 0.2) is 48.5 Å². The van der Waals surface area contributed by atoms with E-state index in [1.807, 2.05) is 42.3 Å². The van der Waals surface area contributed by atoms with E-state index >= 15 is 0 Å². The molecule has 0 unspecified atom stereocenters. The molecule has 0 radical (unpaired) electrons. The maximum absolute atomic E-state index is 14.3.